The molecule has 0 saturated carbocycles. The highest BCUT2D eigenvalue weighted by Gasteiger charge is 2.14. The van der Waals surface area contributed by atoms with Gasteiger partial charge in [0.25, 0.3) is 0 Å². The third-order valence-corrected chi connectivity index (χ3v) is 3.59. The largest absolute Gasteiger partial charge is 0.304 e. The summed E-state index contributed by atoms with van der Waals surface area (Å²) in [7, 11) is 2.20. The van der Waals surface area contributed by atoms with E-state index in [4.69, 9.17) is 0 Å². The molecular formula is C15H22N2. The van der Waals surface area contributed by atoms with Gasteiger partial charge < -0.3 is 4.90 Å². The smallest absolute Gasteiger partial charge is 0.0237 e. The van der Waals surface area contributed by atoms with Crippen molar-refractivity contribution in [3.63, 3.8) is 0 Å². The van der Waals surface area contributed by atoms with Crippen LogP contribution in [0.15, 0.2) is 24.8 Å². The third kappa shape index (κ3) is 3.18. The molecule has 0 atom stereocenters. The highest BCUT2D eigenvalue weighted by Crippen LogP contribution is 2.15. The maximum Gasteiger partial charge on any atom is 0.0237 e. The number of benzene rings is 1. The molecule has 92 valence electrons. The van der Waals surface area contributed by atoms with E-state index >= 15 is 0 Å². The number of aryl methyl sites for hydroxylation is 1. The van der Waals surface area contributed by atoms with Crippen LogP contribution in [0.3, 0.4) is 0 Å². The number of hydrogen-bond acceptors (Lipinski definition) is 2. The topological polar surface area (TPSA) is 6.48 Å². The van der Waals surface area contributed by atoms with Crippen molar-refractivity contribution in [1.82, 2.24) is 9.80 Å². The average Bonchev–Trinajstić information content (AvgIpc) is 2.34. The van der Waals surface area contributed by atoms with Gasteiger partial charge in [-0.15, -0.1) is 0 Å². The molecule has 0 spiro atoms. The second kappa shape index (κ2) is 5.48. The van der Waals surface area contributed by atoms with Crippen LogP contribution in [0.4, 0.5) is 0 Å². The van der Waals surface area contributed by atoms with Gasteiger partial charge in [-0.05, 0) is 30.7 Å². The molecule has 1 aromatic rings. The molecule has 1 aliphatic heterocycles. The first-order valence-corrected chi connectivity index (χ1v) is 6.32. The normalized spacial score (nSPS) is 18.2. The number of rotatable bonds is 3. The molecule has 1 aromatic carbocycles. The van der Waals surface area contributed by atoms with Crippen LogP contribution in [0.5, 0.6) is 0 Å². The van der Waals surface area contributed by atoms with E-state index in [0.29, 0.717) is 0 Å². The number of likely N-dealkylation sites (N-methyl/N-ethyl adjacent to an activating group) is 1. The lowest BCUT2D eigenvalue weighted by Gasteiger charge is -2.32. The summed E-state index contributed by atoms with van der Waals surface area (Å²) in [5, 5.41) is 0. The Morgan fingerprint density at radius 3 is 2.53 bits per heavy atom. The van der Waals surface area contributed by atoms with E-state index in [1.165, 1.54) is 42.9 Å². The molecule has 0 aromatic heterocycles. The lowest BCUT2D eigenvalue weighted by molar-refractivity contribution is 0.148. The van der Waals surface area contributed by atoms with Crippen LogP contribution in [0.1, 0.15) is 16.7 Å². The zero-order valence-electron chi connectivity index (χ0n) is 10.9. The highest BCUT2D eigenvalue weighted by molar-refractivity contribution is 5.49. The molecule has 2 nitrogen and oxygen atoms in total. The van der Waals surface area contributed by atoms with Gasteiger partial charge in [0, 0.05) is 32.7 Å². The van der Waals surface area contributed by atoms with Crippen LogP contribution in [0.25, 0.3) is 6.08 Å². The van der Waals surface area contributed by atoms with Crippen molar-refractivity contribution in [3.8, 4) is 0 Å². The van der Waals surface area contributed by atoms with Crippen LogP contribution < -0.4 is 0 Å². The molecule has 2 rings (SSSR count). The predicted octanol–water partition coefficient (Wildman–Crippen LogP) is 2.39. The van der Waals surface area contributed by atoms with Gasteiger partial charge in [0.2, 0.25) is 0 Å². The molecule has 0 N–H and O–H groups in total. The van der Waals surface area contributed by atoms with E-state index in [1.807, 2.05) is 6.08 Å². The van der Waals surface area contributed by atoms with Crippen LogP contribution in [0.2, 0.25) is 0 Å². The Hall–Kier alpha value is -1.12. The van der Waals surface area contributed by atoms with Gasteiger partial charge in [-0.1, -0.05) is 30.9 Å². The van der Waals surface area contributed by atoms with Crippen LogP contribution >= 0.6 is 0 Å². The number of nitrogens with zero attached hydrogens (tertiary/aromatic N) is 2. The van der Waals surface area contributed by atoms with E-state index in [-0.39, 0.29) is 0 Å². The Kier molecular flexibility index (Phi) is 3.97. The molecule has 2 heteroatoms. The summed E-state index contributed by atoms with van der Waals surface area (Å²) in [6, 6.07) is 6.62. The molecule has 0 amide bonds. The number of piperazine rings is 1. The Labute approximate surface area is 105 Å². The second-order valence-corrected chi connectivity index (χ2v) is 4.97. The van der Waals surface area contributed by atoms with Gasteiger partial charge in [-0.25, -0.2) is 0 Å². The second-order valence-electron chi connectivity index (χ2n) is 4.97. The van der Waals surface area contributed by atoms with Gasteiger partial charge >= 0.3 is 0 Å². The molecular weight excluding hydrogens is 208 g/mol. The van der Waals surface area contributed by atoms with Crippen molar-refractivity contribution in [3.05, 3.63) is 41.5 Å². The standard InChI is InChI=1S/C15H22N2/c1-4-14-5-6-15(13(2)11-14)12-17-9-7-16(3)8-10-17/h4-6,11H,1,7-10,12H2,2-3H3. The summed E-state index contributed by atoms with van der Waals surface area (Å²) < 4.78 is 0. The summed E-state index contributed by atoms with van der Waals surface area (Å²) in [6.45, 7) is 11.8. The molecule has 1 aliphatic rings. The maximum atomic E-state index is 3.81. The Morgan fingerprint density at radius 1 is 1.24 bits per heavy atom. The molecule has 1 fully saturated rings. The Bertz CT molecular complexity index is 390. The first-order chi connectivity index (χ1) is 8.19. The number of hydrogen-bond donors (Lipinski definition) is 0. The molecule has 0 unspecified atom stereocenters. The SMILES string of the molecule is C=Cc1ccc(CN2CCN(C)CC2)c(C)c1. The molecule has 0 bridgehead atoms. The molecule has 0 aliphatic carbocycles. The lowest BCUT2D eigenvalue weighted by atomic mass is 10.0. The van der Waals surface area contributed by atoms with Crippen molar-refractivity contribution in [1.29, 1.82) is 0 Å². The van der Waals surface area contributed by atoms with Crippen molar-refractivity contribution in [2.45, 2.75) is 13.5 Å². The molecule has 0 radical (unpaired) electrons. The van der Waals surface area contributed by atoms with E-state index in [1.54, 1.807) is 0 Å². The zero-order valence-corrected chi connectivity index (χ0v) is 10.9. The maximum absolute atomic E-state index is 3.81. The highest BCUT2D eigenvalue weighted by atomic mass is 15.2. The minimum absolute atomic E-state index is 1.08. The quantitative estimate of drug-likeness (QED) is 0.786. The van der Waals surface area contributed by atoms with Gasteiger partial charge in [0.05, 0.1) is 0 Å². The van der Waals surface area contributed by atoms with Crippen molar-refractivity contribution < 1.29 is 0 Å². The first-order valence-electron chi connectivity index (χ1n) is 6.32. The summed E-state index contributed by atoms with van der Waals surface area (Å²) >= 11 is 0. The van der Waals surface area contributed by atoms with E-state index in [0.717, 1.165) is 6.54 Å². The Morgan fingerprint density at radius 2 is 1.94 bits per heavy atom. The fourth-order valence-electron chi connectivity index (χ4n) is 2.27. The first kappa shape index (κ1) is 12.3. The fourth-order valence-corrected chi connectivity index (χ4v) is 2.27. The molecule has 1 saturated heterocycles. The fraction of sp³-hybridized carbons (Fsp3) is 0.467. The van der Waals surface area contributed by atoms with Gasteiger partial charge in [-0.3, -0.25) is 4.90 Å². The van der Waals surface area contributed by atoms with Crippen molar-refractivity contribution >= 4 is 6.08 Å². The summed E-state index contributed by atoms with van der Waals surface area (Å²) in [6.07, 6.45) is 1.91. The van der Waals surface area contributed by atoms with Gasteiger partial charge in [0.1, 0.15) is 0 Å². The van der Waals surface area contributed by atoms with Crippen LogP contribution in [0, 0.1) is 6.92 Å². The lowest BCUT2D eigenvalue weighted by Crippen LogP contribution is -2.43. The van der Waals surface area contributed by atoms with Crippen molar-refractivity contribution in [2.24, 2.45) is 0 Å². The summed E-state index contributed by atoms with van der Waals surface area (Å²) in [5.74, 6) is 0. The van der Waals surface area contributed by atoms with Crippen LogP contribution in [-0.2, 0) is 6.54 Å². The third-order valence-electron chi connectivity index (χ3n) is 3.59. The minimum atomic E-state index is 1.08. The monoisotopic (exact) mass is 230 g/mol. The van der Waals surface area contributed by atoms with Crippen molar-refractivity contribution in [2.75, 3.05) is 33.2 Å². The van der Waals surface area contributed by atoms with E-state index in [2.05, 4.69) is 48.5 Å². The van der Waals surface area contributed by atoms with Gasteiger partial charge in [0.15, 0.2) is 0 Å². The van der Waals surface area contributed by atoms with E-state index < -0.39 is 0 Å². The minimum Gasteiger partial charge on any atom is -0.304 e. The predicted molar refractivity (Wildman–Crippen MR) is 74.0 cm³/mol. The zero-order chi connectivity index (χ0) is 12.3. The summed E-state index contributed by atoms with van der Waals surface area (Å²) in [5.41, 5.74) is 4.03. The Balaban J connectivity index is 2.01. The molecule has 1 heterocycles. The van der Waals surface area contributed by atoms with Crippen LogP contribution in [-0.4, -0.2) is 43.0 Å². The van der Waals surface area contributed by atoms with E-state index in [9.17, 15) is 0 Å². The average molecular weight is 230 g/mol. The molecule has 17 heavy (non-hydrogen) atoms. The van der Waals surface area contributed by atoms with Gasteiger partial charge in [-0.2, -0.15) is 0 Å². The summed E-state index contributed by atoms with van der Waals surface area (Å²) in [4.78, 5) is 4.93.